The summed E-state index contributed by atoms with van der Waals surface area (Å²) in [7, 11) is 1.52. The van der Waals surface area contributed by atoms with Crippen LogP contribution in [0.15, 0.2) is 53.8 Å². The monoisotopic (exact) mass is 473 g/mol. The summed E-state index contributed by atoms with van der Waals surface area (Å²) in [4.78, 5) is 19.2. The van der Waals surface area contributed by atoms with Gasteiger partial charge in [0.25, 0.3) is 5.69 Å². The molecule has 2 aromatic carbocycles. The SMILES string of the molecule is COc1ccc2c(c1OCc1cccc([N+](=O)[O-])c1)OCCC2=Nc1c(Cl)cncc1Cl. The number of fused-ring (bicyclic) bond motifs is 1. The van der Waals surface area contributed by atoms with Gasteiger partial charge in [-0.1, -0.05) is 35.3 Å². The number of methoxy groups -OCH3 is 1. The third kappa shape index (κ3) is 4.46. The van der Waals surface area contributed by atoms with Crippen molar-refractivity contribution < 1.29 is 19.1 Å². The Kier molecular flexibility index (Phi) is 6.43. The van der Waals surface area contributed by atoms with Crippen molar-refractivity contribution in [3.05, 3.63) is 80.1 Å². The summed E-state index contributed by atoms with van der Waals surface area (Å²) in [6.07, 6.45) is 3.50. The van der Waals surface area contributed by atoms with Crippen LogP contribution >= 0.6 is 23.2 Å². The number of aliphatic imine (C=N–C) groups is 1. The number of nitrogens with zero attached hydrogens (tertiary/aromatic N) is 3. The van der Waals surface area contributed by atoms with E-state index in [0.29, 0.717) is 51.6 Å². The van der Waals surface area contributed by atoms with Gasteiger partial charge in [0.2, 0.25) is 5.75 Å². The Hall–Kier alpha value is -3.36. The maximum atomic E-state index is 11.0. The van der Waals surface area contributed by atoms with Crippen molar-refractivity contribution >= 4 is 40.3 Å². The molecule has 0 saturated heterocycles. The van der Waals surface area contributed by atoms with Gasteiger partial charge in [-0.3, -0.25) is 15.1 Å². The first-order valence-electron chi connectivity index (χ1n) is 9.54. The highest BCUT2D eigenvalue weighted by Crippen LogP contribution is 2.44. The largest absolute Gasteiger partial charge is 0.493 e. The molecule has 4 rings (SSSR count). The first-order chi connectivity index (χ1) is 15.5. The highest BCUT2D eigenvalue weighted by molar-refractivity contribution is 6.38. The molecule has 0 fully saturated rings. The van der Waals surface area contributed by atoms with E-state index in [1.165, 1.54) is 31.6 Å². The molecule has 1 aliphatic heterocycles. The fraction of sp³-hybridized carbons (Fsp3) is 0.182. The molecule has 164 valence electrons. The summed E-state index contributed by atoms with van der Waals surface area (Å²) in [5, 5.41) is 11.7. The van der Waals surface area contributed by atoms with Crippen LogP contribution < -0.4 is 14.2 Å². The summed E-state index contributed by atoms with van der Waals surface area (Å²) in [6, 6.07) is 9.82. The van der Waals surface area contributed by atoms with Gasteiger partial charge in [-0.25, -0.2) is 4.99 Å². The fourth-order valence-corrected chi connectivity index (χ4v) is 3.72. The summed E-state index contributed by atoms with van der Waals surface area (Å²) in [5.74, 6) is 1.33. The predicted molar refractivity (Wildman–Crippen MR) is 121 cm³/mol. The number of non-ortho nitro benzene ring substituents is 1. The van der Waals surface area contributed by atoms with E-state index in [-0.39, 0.29) is 12.3 Å². The van der Waals surface area contributed by atoms with Gasteiger partial charge in [0, 0.05) is 36.5 Å². The van der Waals surface area contributed by atoms with Crippen molar-refractivity contribution in [2.45, 2.75) is 13.0 Å². The van der Waals surface area contributed by atoms with Gasteiger partial charge in [-0.05, 0) is 17.7 Å². The zero-order valence-electron chi connectivity index (χ0n) is 16.9. The van der Waals surface area contributed by atoms with E-state index in [9.17, 15) is 10.1 Å². The number of nitro benzene ring substituents is 1. The van der Waals surface area contributed by atoms with Crippen molar-refractivity contribution in [2.24, 2.45) is 4.99 Å². The molecule has 2 heterocycles. The second kappa shape index (κ2) is 9.42. The quantitative estimate of drug-likeness (QED) is 0.332. The van der Waals surface area contributed by atoms with Gasteiger partial charge >= 0.3 is 0 Å². The molecule has 32 heavy (non-hydrogen) atoms. The standard InChI is InChI=1S/C22H17Cl2N3O5/c1-30-19-6-5-15-18(26-20-16(23)10-25-11-17(20)24)7-8-31-21(15)22(19)32-12-13-3-2-4-14(9-13)27(28)29/h2-6,9-11H,7-8,12H2,1H3. The number of hydrogen-bond acceptors (Lipinski definition) is 7. The van der Waals surface area contributed by atoms with Crippen molar-refractivity contribution in [2.75, 3.05) is 13.7 Å². The third-order valence-corrected chi connectivity index (χ3v) is 5.32. The second-order valence-electron chi connectivity index (χ2n) is 6.80. The third-order valence-electron chi connectivity index (χ3n) is 4.77. The fourth-order valence-electron chi connectivity index (χ4n) is 3.27. The van der Waals surface area contributed by atoms with Crippen molar-refractivity contribution in [3.63, 3.8) is 0 Å². The minimum Gasteiger partial charge on any atom is -0.493 e. The van der Waals surface area contributed by atoms with Crippen LogP contribution in [0.1, 0.15) is 17.5 Å². The Labute approximate surface area is 193 Å². The van der Waals surface area contributed by atoms with E-state index in [1.54, 1.807) is 18.2 Å². The maximum Gasteiger partial charge on any atom is 0.269 e. The molecule has 1 aromatic heterocycles. The number of aromatic nitrogens is 1. The summed E-state index contributed by atoms with van der Waals surface area (Å²) < 4.78 is 17.4. The lowest BCUT2D eigenvalue weighted by atomic mass is 10.0. The molecule has 0 bridgehead atoms. The lowest BCUT2D eigenvalue weighted by Gasteiger charge is -2.23. The van der Waals surface area contributed by atoms with Crippen molar-refractivity contribution in [3.8, 4) is 17.2 Å². The van der Waals surface area contributed by atoms with Crippen LogP contribution in [0.3, 0.4) is 0 Å². The summed E-state index contributed by atoms with van der Waals surface area (Å²) >= 11 is 12.5. The summed E-state index contributed by atoms with van der Waals surface area (Å²) in [6.45, 7) is 0.457. The molecule has 0 unspecified atom stereocenters. The Bertz CT molecular complexity index is 1200. The van der Waals surface area contributed by atoms with E-state index < -0.39 is 4.92 Å². The highest BCUT2D eigenvalue weighted by Gasteiger charge is 2.25. The van der Waals surface area contributed by atoms with Gasteiger partial charge in [0.15, 0.2) is 11.5 Å². The number of pyridine rings is 1. The number of nitro groups is 1. The molecule has 0 spiro atoms. The van der Waals surface area contributed by atoms with E-state index in [1.807, 2.05) is 6.07 Å². The number of hydrogen-bond donors (Lipinski definition) is 0. The number of benzene rings is 2. The van der Waals surface area contributed by atoms with E-state index in [2.05, 4.69) is 9.98 Å². The van der Waals surface area contributed by atoms with Gasteiger partial charge in [-0.2, -0.15) is 0 Å². The topological polar surface area (TPSA) is 96.1 Å². The first kappa shape index (κ1) is 21.9. The number of halogens is 2. The van der Waals surface area contributed by atoms with Crippen LogP contribution in [0.2, 0.25) is 10.0 Å². The highest BCUT2D eigenvalue weighted by atomic mass is 35.5. The molecule has 0 radical (unpaired) electrons. The molecule has 0 N–H and O–H groups in total. The van der Waals surface area contributed by atoms with Crippen molar-refractivity contribution in [1.29, 1.82) is 0 Å². The maximum absolute atomic E-state index is 11.0. The van der Waals surface area contributed by atoms with E-state index in [4.69, 9.17) is 37.4 Å². The van der Waals surface area contributed by atoms with Gasteiger partial charge in [0.05, 0.1) is 34.4 Å². The second-order valence-corrected chi connectivity index (χ2v) is 7.61. The molecule has 8 nitrogen and oxygen atoms in total. The molecule has 10 heteroatoms. The van der Waals surface area contributed by atoms with Crippen LogP contribution in [0.25, 0.3) is 0 Å². The van der Waals surface area contributed by atoms with Gasteiger partial charge in [0.1, 0.15) is 12.3 Å². The first-order valence-corrected chi connectivity index (χ1v) is 10.3. The van der Waals surface area contributed by atoms with Gasteiger partial charge < -0.3 is 14.2 Å². The number of ether oxygens (including phenoxy) is 3. The molecule has 0 saturated carbocycles. The molecule has 3 aromatic rings. The van der Waals surface area contributed by atoms with Crippen LogP contribution in [0.5, 0.6) is 17.2 Å². The lowest BCUT2D eigenvalue weighted by Crippen LogP contribution is -2.17. The molecular weight excluding hydrogens is 457 g/mol. The van der Waals surface area contributed by atoms with Crippen LogP contribution in [0, 0.1) is 10.1 Å². The molecule has 0 atom stereocenters. The predicted octanol–water partition coefficient (Wildman–Crippen LogP) is 5.79. The minimum atomic E-state index is -0.449. The average Bonchev–Trinajstić information content (AvgIpc) is 2.80. The Morgan fingerprint density at radius 1 is 1.22 bits per heavy atom. The van der Waals surface area contributed by atoms with Crippen LogP contribution in [0.4, 0.5) is 11.4 Å². The van der Waals surface area contributed by atoms with Crippen LogP contribution in [-0.2, 0) is 6.61 Å². The zero-order valence-corrected chi connectivity index (χ0v) is 18.4. The molecule has 0 amide bonds. The Morgan fingerprint density at radius 3 is 2.72 bits per heavy atom. The molecule has 0 aliphatic carbocycles. The lowest BCUT2D eigenvalue weighted by molar-refractivity contribution is -0.384. The zero-order chi connectivity index (χ0) is 22.7. The molecular formula is C22H17Cl2N3O5. The Morgan fingerprint density at radius 2 is 2.00 bits per heavy atom. The smallest absolute Gasteiger partial charge is 0.269 e. The van der Waals surface area contributed by atoms with E-state index >= 15 is 0 Å². The van der Waals surface area contributed by atoms with Crippen molar-refractivity contribution in [1.82, 2.24) is 4.98 Å². The normalized spacial score (nSPS) is 13.9. The van der Waals surface area contributed by atoms with Crippen LogP contribution in [-0.4, -0.2) is 29.3 Å². The Balaban J connectivity index is 1.70. The average molecular weight is 474 g/mol. The number of rotatable bonds is 6. The van der Waals surface area contributed by atoms with Gasteiger partial charge in [-0.15, -0.1) is 0 Å². The van der Waals surface area contributed by atoms with E-state index in [0.717, 1.165) is 11.3 Å². The minimum absolute atomic E-state index is 0.00932. The molecule has 1 aliphatic rings. The summed E-state index contributed by atoms with van der Waals surface area (Å²) in [5.41, 5.74) is 2.50.